The van der Waals surface area contributed by atoms with E-state index in [4.69, 9.17) is 5.73 Å². The lowest BCUT2D eigenvalue weighted by Crippen LogP contribution is -2.28. The summed E-state index contributed by atoms with van der Waals surface area (Å²) in [4.78, 5) is 0. The van der Waals surface area contributed by atoms with Crippen molar-refractivity contribution in [3.63, 3.8) is 0 Å². The molecule has 80 valence electrons. The minimum Gasteiger partial charge on any atom is -0.328 e. The van der Waals surface area contributed by atoms with Crippen molar-refractivity contribution in [3.05, 3.63) is 0 Å². The summed E-state index contributed by atoms with van der Waals surface area (Å²) in [6.45, 7) is 4.27. The van der Waals surface area contributed by atoms with Crippen LogP contribution in [0.25, 0.3) is 0 Å². The van der Waals surface area contributed by atoms with Crippen molar-refractivity contribution >= 4 is 10.0 Å². The fraction of sp³-hybridized carbons (Fsp3) is 1.00. The third-order valence-corrected chi connectivity index (χ3v) is 3.22. The van der Waals surface area contributed by atoms with E-state index < -0.39 is 10.0 Å². The molecule has 0 saturated heterocycles. The first-order valence-corrected chi connectivity index (χ1v) is 6.36. The molecule has 0 aliphatic rings. The molecule has 0 radical (unpaired) electrons. The van der Waals surface area contributed by atoms with Crippen LogP contribution in [0, 0.1) is 0 Å². The number of sulfonamides is 1. The van der Waals surface area contributed by atoms with Crippen LogP contribution < -0.4 is 10.5 Å². The highest BCUT2D eigenvalue weighted by atomic mass is 32.2. The van der Waals surface area contributed by atoms with E-state index in [0.717, 1.165) is 12.8 Å². The lowest BCUT2D eigenvalue weighted by Gasteiger charge is -2.06. The van der Waals surface area contributed by atoms with Gasteiger partial charge in [0.05, 0.1) is 5.75 Å². The maximum atomic E-state index is 11.1. The van der Waals surface area contributed by atoms with Crippen molar-refractivity contribution in [2.45, 2.75) is 39.2 Å². The maximum absolute atomic E-state index is 11.1. The fourth-order valence-electron chi connectivity index (χ4n) is 0.993. The summed E-state index contributed by atoms with van der Waals surface area (Å²) in [6, 6.07) is 0.149. The molecule has 0 aromatic heterocycles. The Morgan fingerprint density at radius 2 is 2.08 bits per heavy atom. The summed E-state index contributed by atoms with van der Waals surface area (Å²) >= 11 is 0. The molecule has 0 aromatic rings. The monoisotopic (exact) mass is 208 g/mol. The van der Waals surface area contributed by atoms with Gasteiger partial charge in [-0.1, -0.05) is 6.92 Å². The predicted molar refractivity (Wildman–Crippen MR) is 55.0 cm³/mol. The third-order valence-electron chi connectivity index (χ3n) is 1.63. The summed E-state index contributed by atoms with van der Waals surface area (Å²) in [7, 11) is -3.02. The molecule has 0 saturated carbocycles. The second-order valence-electron chi connectivity index (χ2n) is 3.33. The molecule has 0 rings (SSSR count). The smallest absolute Gasteiger partial charge is 0.211 e. The number of hydrogen-bond donors (Lipinski definition) is 2. The van der Waals surface area contributed by atoms with E-state index in [0.29, 0.717) is 13.0 Å². The Morgan fingerprint density at radius 1 is 1.46 bits per heavy atom. The molecule has 13 heavy (non-hydrogen) atoms. The molecule has 0 aromatic carbocycles. The van der Waals surface area contributed by atoms with Gasteiger partial charge in [0.25, 0.3) is 0 Å². The van der Waals surface area contributed by atoms with E-state index >= 15 is 0 Å². The Bertz CT molecular complexity index is 212. The number of nitrogens with two attached hydrogens (primary N) is 1. The summed E-state index contributed by atoms with van der Waals surface area (Å²) in [5.41, 5.74) is 5.52. The second-order valence-corrected chi connectivity index (χ2v) is 5.26. The Balaban J connectivity index is 3.53. The highest BCUT2D eigenvalue weighted by Gasteiger charge is 2.06. The van der Waals surface area contributed by atoms with Gasteiger partial charge in [-0.3, -0.25) is 0 Å². The lowest BCUT2D eigenvalue weighted by atomic mass is 10.2. The fourth-order valence-corrected chi connectivity index (χ4v) is 2.13. The van der Waals surface area contributed by atoms with Gasteiger partial charge in [0.1, 0.15) is 0 Å². The van der Waals surface area contributed by atoms with Crippen molar-refractivity contribution in [2.75, 3.05) is 12.3 Å². The van der Waals surface area contributed by atoms with Gasteiger partial charge < -0.3 is 5.73 Å². The van der Waals surface area contributed by atoms with Crippen LogP contribution in [0.4, 0.5) is 0 Å². The largest absolute Gasteiger partial charge is 0.328 e. The van der Waals surface area contributed by atoms with Crippen molar-refractivity contribution in [3.8, 4) is 0 Å². The van der Waals surface area contributed by atoms with Crippen LogP contribution >= 0.6 is 0 Å². The second kappa shape index (κ2) is 6.34. The zero-order chi connectivity index (χ0) is 10.3. The molecular weight excluding hydrogens is 188 g/mol. The molecule has 0 aliphatic heterocycles. The topological polar surface area (TPSA) is 72.2 Å². The molecule has 0 bridgehead atoms. The predicted octanol–water partition coefficient (Wildman–Crippen LogP) is 0.443. The van der Waals surface area contributed by atoms with Gasteiger partial charge in [0, 0.05) is 12.6 Å². The minimum absolute atomic E-state index is 0.149. The van der Waals surface area contributed by atoms with Crippen LogP contribution in [0.1, 0.15) is 33.1 Å². The van der Waals surface area contributed by atoms with Crippen LogP contribution in [-0.2, 0) is 10.0 Å². The molecule has 1 atom stereocenters. The van der Waals surface area contributed by atoms with Gasteiger partial charge in [-0.15, -0.1) is 0 Å². The van der Waals surface area contributed by atoms with Crippen LogP contribution in [0.3, 0.4) is 0 Å². The van der Waals surface area contributed by atoms with Crippen molar-refractivity contribution in [2.24, 2.45) is 5.73 Å². The van der Waals surface area contributed by atoms with Gasteiger partial charge in [-0.2, -0.15) is 0 Å². The van der Waals surface area contributed by atoms with E-state index in [1.807, 2.05) is 13.8 Å². The quantitative estimate of drug-likeness (QED) is 0.596. The average molecular weight is 208 g/mol. The minimum atomic E-state index is -3.02. The molecule has 0 spiro atoms. The zero-order valence-electron chi connectivity index (χ0n) is 8.41. The molecule has 0 aliphatic carbocycles. The van der Waals surface area contributed by atoms with Crippen molar-refractivity contribution in [1.82, 2.24) is 4.72 Å². The van der Waals surface area contributed by atoms with Crippen LogP contribution in [0.2, 0.25) is 0 Å². The molecule has 0 fully saturated rings. The summed E-state index contributed by atoms with van der Waals surface area (Å²) in [5, 5.41) is 0. The summed E-state index contributed by atoms with van der Waals surface area (Å²) < 4.78 is 24.8. The molecular formula is C8H20N2O2S. The average Bonchev–Trinajstić information content (AvgIpc) is 1.98. The van der Waals surface area contributed by atoms with E-state index in [-0.39, 0.29) is 11.8 Å². The first-order valence-electron chi connectivity index (χ1n) is 4.71. The normalized spacial score (nSPS) is 14.4. The first-order chi connectivity index (χ1) is 5.98. The van der Waals surface area contributed by atoms with Gasteiger partial charge in [0.15, 0.2) is 0 Å². The van der Waals surface area contributed by atoms with E-state index in [9.17, 15) is 8.42 Å². The molecule has 3 N–H and O–H groups in total. The molecule has 5 heteroatoms. The highest BCUT2D eigenvalue weighted by molar-refractivity contribution is 7.89. The summed E-state index contributed by atoms with van der Waals surface area (Å²) in [6.07, 6.45) is 2.32. The zero-order valence-corrected chi connectivity index (χ0v) is 9.23. The van der Waals surface area contributed by atoms with Gasteiger partial charge >= 0.3 is 0 Å². The Labute approximate surface area is 80.9 Å². The Hall–Kier alpha value is -0.130. The first kappa shape index (κ1) is 12.9. The number of hydrogen-bond acceptors (Lipinski definition) is 3. The highest BCUT2D eigenvalue weighted by Crippen LogP contribution is 1.93. The molecule has 4 nitrogen and oxygen atoms in total. The molecule has 0 heterocycles. The molecule has 0 amide bonds. The standard InChI is InChI=1S/C8H20N2O2S/c1-3-7-13(11,12)10-6-4-5-8(2)9/h8,10H,3-7,9H2,1-2H3. The van der Waals surface area contributed by atoms with Gasteiger partial charge in [0.2, 0.25) is 10.0 Å². The SMILES string of the molecule is CCCS(=O)(=O)NCCCC(C)N. The van der Waals surface area contributed by atoms with Gasteiger partial charge in [-0.25, -0.2) is 13.1 Å². The van der Waals surface area contributed by atoms with Crippen LogP contribution in [0.15, 0.2) is 0 Å². The van der Waals surface area contributed by atoms with E-state index in [1.54, 1.807) is 0 Å². The van der Waals surface area contributed by atoms with E-state index in [1.165, 1.54) is 0 Å². The third kappa shape index (κ3) is 8.21. The van der Waals surface area contributed by atoms with Crippen molar-refractivity contribution < 1.29 is 8.42 Å². The summed E-state index contributed by atoms with van der Waals surface area (Å²) in [5.74, 6) is 0.213. The Morgan fingerprint density at radius 3 is 2.54 bits per heavy atom. The number of nitrogens with one attached hydrogen (secondary N) is 1. The lowest BCUT2D eigenvalue weighted by molar-refractivity contribution is 0.567. The number of rotatable bonds is 7. The maximum Gasteiger partial charge on any atom is 0.211 e. The van der Waals surface area contributed by atoms with E-state index in [2.05, 4.69) is 4.72 Å². The van der Waals surface area contributed by atoms with Gasteiger partial charge in [-0.05, 0) is 26.2 Å². The van der Waals surface area contributed by atoms with Crippen LogP contribution in [0.5, 0.6) is 0 Å². The molecule has 1 unspecified atom stereocenters. The van der Waals surface area contributed by atoms with Crippen LogP contribution in [-0.4, -0.2) is 26.8 Å². The van der Waals surface area contributed by atoms with Crippen molar-refractivity contribution in [1.29, 1.82) is 0 Å². The Kier molecular flexibility index (Phi) is 6.28.